The van der Waals surface area contributed by atoms with Gasteiger partial charge in [0.05, 0.1) is 16.9 Å². The summed E-state index contributed by atoms with van der Waals surface area (Å²) in [4.78, 5) is 20.8. The third kappa shape index (κ3) is 9.65. The molecule has 0 aliphatic carbocycles. The molecule has 2 aromatic carbocycles. The number of esters is 1. The average molecular weight is 592 g/mol. The van der Waals surface area contributed by atoms with Crippen LogP contribution in [0.4, 0.5) is 24.5 Å². The number of ether oxygens (including phenoxy) is 1. The first-order valence-electron chi connectivity index (χ1n) is 15.2. The van der Waals surface area contributed by atoms with Crippen molar-refractivity contribution in [2.75, 3.05) is 57.3 Å². The quantitative estimate of drug-likeness (QED) is 0.154. The number of halogens is 3. The normalized spacial score (nSPS) is 16.0. The highest BCUT2D eigenvalue weighted by molar-refractivity contribution is 7.99. The van der Waals surface area contributed by atoms with Gasteiger partial charge in [0, 0.05) is 55.5 Å². The van der Waals surface area contributed by atoms with Gasteiger partial charge in [-0.2, -0.15) is 13.2 Å². The fourth-order valence-corrected chi connectivity index (χ4v) is 6.60. The van der Waals surface area contributed by atoms with Crippen LogP contribution in [0.5, 0.6) is 0 Å². The Labute approximate surface area is 247 Å². The van der Waals surface area contributed by atoms with Crippen molar-refractivity contribution >= 4 is 29.1 Å². The Morgan fingerprint density at radius 1 is 0.805 bits per heavy atom. The van der Waals surface area contributed by atoms with Crippen molar-refractivity contribution in [1.82, 2.24) is 9.80 Å². The number of nitrogens with zero attached hydrogens (tertiary/aromatic N) is 3. The molecule has 2 aliphatic rings. The van der Waals surface area contributed by atoms with Crippen LogP contribution in [-0.2, 0) is 15.7 Å². The molecule has 2 heterocycles. The maximum atomic E-state index is 13.5. The number of benzene rings is 2. The number of carbonyl (C=O) groups excluding carboxylic acids is 1. The molecule has 2 aromatic rings. The largest absolute Gasteiger partial charge is 0.464 e. The van der Waals surface area contributed by atoms with Crippen LogP contribution in [0.3, 0.4) is 0 Å². The molecule has 2 aliphatic heterocycles. The Morgan fingerprint density at radius 3 is 2.20 bits per heavy atom. The Kier molecular flexibility index (Phi) is 12.3. The molecular weight excluding hydrogens is 547 g/mol. The molecule has 0 spiro atoms. The van der Waals surface area contributed by atoms with E-state index in [9.17, 15) is 18.0 Å². The average Bonchev–Trinajstić information content (AvgIpc) is 2.96. The van der Waals surface area contributed by atoms with Gasteiger partial charge in [-0.05, 0) is 49.7 Å². The summed E-state index contributed by atoms with van der Waals surface area (Å²) in [6.07, 6.45) is 5.33. The van der Waals surface area contributed by atoms with E-state index in [0.29, 0.717) is 25.3 Å². The molecule has 0 aromatic heterocycles. The number of para-hydroxylation sites is 1. The van der Waals surface area contributed by atoms with Crippen LogP contribution < -0.4 is 4.90 Å². The van der Waals surface area contributed by atoms with Crippen molar-refractivity contribution in [1.29, 1.82) is 0 Å². The van der Waals surface area contributed by atoms with Crippen LogP contribution >= 0.6 is 11.8 Å². The fourth-order valence-electron chi connectivity index (χ4n) is 5.52. The number of alkyl halides is 3. The van der Waals surface area contributed by atoms with Crippen molar-refractivity contribution in [2.45, 2.75) is 80.7 Å². The maximum Gasteiger partial charge on any atom is 0.416 e. The van der Waals surface area contributed by atoms with Crippen molar-refractivity contribution in [3.05, 3.63) is 48.0 Å². The minimum atomic E-state index is -4.37. The van der Waals surface area contributed by atoms with Gasteiger partial charge in [0.1, 0.15) is 6.61 Å². The van der Waals surface area contributed by atoms with E-state index >= 15 is 0 Å². The summed E-state index contributed by atoms with van der Waals surface area (Å²) in [5, 5.41) is 0. The highest BCUT2D eigenvalue weighted by atomic mass is 32.2. The molecular formula is C32H44F3N3O2S. The minimum Gasteiger partial charge on any atom is -0.464 e. The molecule has 4 rings (SSSR count). The van der Waals surface area contributed by atoms with Crippen LogP contribution in [0.2, 0.25) is 0 Å². The first-order chi connectivity index (χ1) is 19.8. The monoisotopic (exact) mass is 591 g/mol. The zero-order valence-electron chi connectivity index (χ0n) is 24.3. The summed E-state index contributed by atoms with van der Waals surface area (Å²) in [6, 6.07) is 12.0. The number of hydrogen-bond donors (Lipinski definition) is 0. The Hall–Kier alpha value is -2.23. The molecule has 9 heteroatoms. The van der Waals surface area contributed by atoms with E-state index in [1.165, 1.54) is 56.0 Å². The van der Waals surface area contributed by atoms with E-state index in [1.54, 1.807) is 6.07 Å². The molecule has 5 nitrogen and oxygen atoms in total. The van der Waals surface area contributed by atoms with Crippen LogP contribution in [0.25, 0.3) is 0 Å². The van der Waals surface area contributed by atoms with E-state index in [2.05, 4.69) is 16.7 Å². The lowest BCUT2D eigenvalue weighted by molar-refractivity contribution is -0.144. The fraction of sp³-hybridized carbons (Fsp3) is 0.594. The summed E-state index contributed by atoms with van der Waals surface area (Å²) in [7, 11) is 0. The van der Waals surface area contributed by atoms with Gasteiger partial charge in [0.15, 0.2) is 0 Å². The first-order valence-corrected chi connectivity index (χ1v) is 16.0. The Balaban J connectivity index is 1.16. The van der Waals surface area contributed by atoms with Gasteiger partial charge in [-0.3, -0.25) is 9.69 Å². The van der Waals surface area contributed by atoms with Crippen molar-refractivity contribution in [2.24, 2.45) is 0 Å². The molecule has 0 atom stereocenters. The number of fused-ring (bicyclic) bond motifs is 2. The second kappa shape index (κ2) is 15.8. The highest BCUT2D eigenvalue weighted by Gasteiger charge is 2.33. The molecule has 0 amide bonds. The van der Waals surface area contributed by atoms with Crippen molar-refractivity contribution < 1.29 is 22.7 Å². The van der Waals surface area contributed by atoms with Crippen LogP contribution in [0, 0.1) is 0 Å². The standard InChI is InChI=1S/C32H44F3N3O2S/c1-2-3-4-5-6-7-8-14-31(39)40-24-23-37-21-19-36(20-22-37)17-11-18-38-27-12-9-10-13-29(27)41-30-16-15-26(25-28(30)38)32(33,34)35/h9-10,12-13,15-16,25H,2-8,11,14,17-24H2,1H3. The Morgan fingerprint density at radius 2 is 1.46 bits per heavy atom. The molecule has 1 saturated heterocycles. The van der Waals surface area contributed by atoms with E-state index in [1.807, 2.05) is 29.2 Å². The van der Waals surface area contributed by atoms with E-state index in [4.69, 9.17) is 4.74 Å². The van der Waals surface area contributed by atoms with Crippen molar-refractivity contribution in [3.8, 4) is 0 Å². The lowest BCUT2D eigenvalue weighted by Gasteiger charge is -2.36. The van der Waals surface area contributed by atoms with E-state index in [0.717, 1.165) is 74.0 Å². The van der Waals surface area contributed by atoms with Gasteiger partial charge >= 0.3 is 12.1 Å². The second-order valence-electron chi connectivity index (χ2n) is 11.0. The van der Waals surface area contributed by atoms with Gasteiger partial charge in [0.25, 0.3) is 0 Å². The number of unbranched alkanes of at least 4 members (excludes halogenated alkanes) is 6. The van der Waals surface area contributed by atoms with E-state index < -0.39 is 11.7 Å². The van der Waals surface area contributed by atoms with E-state index in [-0.39, 0.29) is 5.97 Å². The van der Waals surface area contributed by atoms with Crippen LogP contribution in [-0.4, -0.2) is 68.2 Å². The molecule has 0 N–H and O–H groups in total. The molecule has 0 radical (unpaired) electrons. The number of piperazine rings is 1. The molecule has 1 fully saturated rings. The smallest absolute Gasteiger partial charge is 0.416 e. The number of anilines is 2. The molecule has 0 saturated carbocycles. The Bertz CT molecular complexity index is 1110. The number of rotatable bonds is 15. The zero-order chi connectivity index (χ0) is 29.1. The second-order valence-corrected chi connectivity index (χ2v) is 12.1. The SMILES string of the molecule is CCCCCCCCCC(=O)OCCN1CCN(CCCN2c3ccccc3Sc3ccc(C(F)(F)F)cc32)CC1. The summed E-state index contributed by atoms with van der Waals surface area (Å²) in [6.45, 7) is 8.70. The summed E-state index contributed by atoms with van der Waals surface area (Å²) in [5.74, 6) is -0.0844. The number of carbonyl (C=O) groups is 1. The van der Waals surface area contributed by atoms with Gasteiger partial charge in [0.2, 0.25) is 0 Å². The molecule has 0 unspecified atom stereocenters. The molecule has 226 valence electrons. The number of hydrogen-bond acceptors (Lipinski definition) is 6. The predicted octanol–water partition coefficient (Wildman–Crippen LogP) is 8.00. The zero-order valence-corrected chi connectivity index (χ0v) is 25.1. The summed E-state index contributed by atoms with van der Waals surface area (Å²) in [5.41, 5.74) is 0.992. The third-order valence-corrected chi connectivity index (χ3v) is 9.06. The summed E-state index contributed by atoms with van der Waals surface area (Å²) < 4.78 is 45.9. The van der Waals surface area contributed by atoms with Gasteiger partial charge in [-0.1, -0.05) is 69.3 Å². The van der Waals surface area contributed by atoms with Crippen molar-refractivity contribution in [3.63, 3.8) is 0 Å². The maximum absolute atomic E-state index is 13.5. The molecule has 41 heavy (non-hydrogen) atoms. The topological polar surface area (TPSA) is 36.0 Å². The van der Waals surface area contributed by atoms with Crippen LogP contribution in [0.15, 0.2) is 52.3 Å². The van der Waals surface area contributed by atoms with Gasteiger partial charge in [-0.25, -0.2) is 0 Å². The minimum absolute atomic E-state index is 0.0844. The van der Waals surface area contributed by atoms with Crippen LogP contribution in [0.1, 0.15) is 70.3 Å². The highest BCUT2D eigenvalue weighted by Crippen LogP contribution is 2.49. The predicted molar refractivity (Wildman–Crippen MR) is 160 cm³/mol. The third-order valence-electron chi connectivity index (χ3n) is 7.93. The van der Waals surface area contributed by atoms with Gasteiger partial charge in [-0.15, -0.1) is 0 Å². The first kappa shape index (κ1) is 31.7. The lowest BCUT2D eigenvalue weighted by atomic mass is 10.1. The molecule has 0 bridgehead atoms. The van der Waals surface area contributed by atoms with Gasteiger partial charge < -0.3 is 14.5 Å². The summed E-state index contributed by atoms with van der Waals surface area (Å²) >= 11 is 1.53. The lowest BCUT2D eigenvalue weighted by Crippen LogP contribution is -2.47.